The van der Waals surface area contributed by atoms with E-state index in [0.29, 0.717) is 10.6 Å². The van der Waals surface area contributed by atoms with Gasteiger partial charge in [0.15, 0.2) is 5.78 Å². The van der Waals surface area contributed by atoms with E-state index in [1.54, 1.807) is 43.5 Å². The molecule has 30 heavy (non-hydrogen) atoms. The van der Waals surface area contributed by atoms with Gasteiger partial charge in [0.05, 0.1) is 18.5 Å². The van der Waals surface area contributed by atoms with E-state index < -0.39 is 0 Å². The summed E-state index contributed by atoms with van der Waals surface area (Å²) in [6.45, 7) is 0. The lowest BCUT2D eigenvalue weighted by atomic mass is 10.1. The van der Waals surface area contributed by atoms with Crippen LogP contribution in [0.15, 0.2) is 91.1 Å². The van der Waals surface area contributed by atoms with Crippen LogP contribution in [0, 0.1) is 0 Å². The van der Waals surface area contributed by atoms with E-state index in [2.05, 4.69) is 0 Å². The highest BCUT2D eigenvalue weighted by Crippen LogP contribution is 2.27. The third kappa shape index (κ3) is 4.34. The molecule has 0 fully saturated rings. The van der Waals surface area contributed by atoms with Gasteiger partial charge in [0.2, 0.25) is 0 Å². The number of carbonyl (C=O) groups excluding carboxylic acids is 1. The second kappa shape index (κ2) is 8.80. The van der Waals surface area contributed by atoms with Crippen molar-refractivity contribution in [3.05, 3.63) is 107 Å². The van der Waals surface area contributed by atoms with Crippen LogP contribution in [0.5, 0.6) is 5.75 Å². The predicted molar refractivity (Wildman–Crippen MR) is 120 cm³/mol. The summed E-state index contributed by atoms with van der Waals surface area (Å²) in [4.78, 5) is 12.6. The first kappa shape index (κ1) is 19.7. The van der Waals surface area contributed by atoms with Gasteiger partial charge < -0.3 is 4.74 Å². The summed E-state index contributed by atoms with van der Waals surface area (Å²) in [5, 5.41) is 5.36. The van der Waals surface area contributed by atoms with Crippen LogP contribution in [0.25, 0.3) is 23.0 Å². The van der Waals surface area contributed by atoms with Gasteiger partial charge in [0.1, 0.15) is 5.75 Å². The normalized spacial score (nSPS) is 11.0. The third-order valence-corrected chi connectivity index (χ3v) is 4.92. The molecule has 0 saturated heterocycles. The van der Waals surface area contributed by atoms with Crippen molar-refractivity contribution < 1.29 is 9.53 Å². The number of benzene rings is 3. The van der Waals surface area contributed by atoms with E-state index in [-0.39, 0.29) is 5.78 Å². The molecule has 0 aliphatic carbocycles. The van der Waals surface area contributed by atoms with Crippen LogP contribution in [0.1, 0.15) is 15.9 Å². The first-order valence-electron chi connectivity index (χ1n) is 9.41. The second-order valence-corrected chi connectivity index (χ2v) is 7.08. The smallest absolute Gasteiger partial charge is 0.185 e. The number of ether oxygens (including phenoxy) is 1. The van der Waals surface area contributed by atoms with Gasteiger partial charge in [-0.25, -0.2) is 4.68 Å². The summed E-state index contributed by atoms with van der Waals surface area (Å²) in [7, 11) is 1.63. The molecule has 0 radical (unpaired) electrons. The predicted octanol–water partition coefficient (Wildman–Crippen LogP) is 6.10. The number of para-hydroxylation sites is 1. The van der Waals surface area contributed by atoms with Gasteiger partial charge in [-0.2, -0.15) is 5.10 Å². The average molecular weight is 415 g/mol. The Hall–Kier alpha value is -3.63. The summed E-state index contributed by atoms with van der Waals surface area (Å²) in [6, 6.07) is 24.4. The van der Waals surface area contributed by atoms with Crippen molar-refractivity contribution in [2.45, 2.75) is 0 Å². The number of hydrogen-bond acceptors (Lipinski definition) is 3. The van der Waals surface area contributed by atoms with Crippen LogP contribution in [0.3, 0.4) is 0 Å². The zero-order chi connectivity index (χ0) is 20.9. The summed E-state index contributed by atoms with van der Waals surface area (Å²) < 4.78 is 7.06. The second-order valence-electron chi connectivity index (χ2n) is 6.65. The molecule has 1 heterocycles. The van der Waals surface area contributed by atoms with Crippen molar-refractivity contribution in [3.8, 4) is 22.7 Å². The minimum absolute atomic E-state index is 0.0974. The van der Waals surface area contributed by atoms with E-state index in [9.17, 15) is 4.79 Å². The fourth-order valence-corrected chi connectivity index (χ4v) is 3.20. The molecule has 0 saturated carbocycles. The zero-order valence-corrected chi connectivity index (χ0v) is 17.1. The van der Waals surface area contributed by atoms with Crippen molar-refractivity contribution in [3.63, 3.8) is 0 Å². The Kier molecular flexibility index (Phi) is 5.77. The van der Waals surface area contributed by atoms with Gasteiger partial charge >= 0.3 is 0 Å². The van der Waals surface area contributed by atoms with Gasteiger partial charge in [-0.3, -0.25) is 4.79 Å². The fraction of sp³-hybridized carbons (Fsp3) is 0.0400. The molecule has 4 nitrogen and oxygen atoms in total. The topological polar surface area (TPSA) is 44.1 Å². The number of halogens is 1. The van der Waals surface area contributed by atoms with Crippen LogP contribution in [0.2, 0.25) is 5.02 Å². The minimum atomic E-state index is -0.0974. The number of nitrogens with zero attached hydrogens (tertiary/aromatic N) is 2. The van der Waals surface area contributed by atoms with Gasteiger partial charge in [-0.15, -0.1) is 0 Å². The van der Waals surface area contributed by atoms with Crippen LogP contribution < -0.4 is 4.74 Å². The maximum Gasteiger partial charge on any atom is 0.185 e. The van der Waals surface area contributed by atoms with E-state index >= 15 is 0 Å². The highest BCUT2D eigenvalue weighted by Gasteiger charge is 2.11. The van der Waals surface area contributed by atoms with Crippen molar-refractivity contribution in [2.24, 2.45) is 0 Å². The highest BCUT2D eigenvalue weighted by molar-refractivity contribution is 6.30. The molecule has 0 unspecified atom stereocenters. The van der Waals surface area contributed by atoms with Crippen molar-refractivity contribution >= 4 is 23.5 Å². The number of carbonyl (C=O) groups is 1. The zero-order valence-electron chi connectivity index (χ0n) is 16.3. The molecule has 4 aromatic rings. The lowest BCUT2D eigenvalue weighted by Crippen LogP contribution is -1.94. The Balaban J connectivity index is 1.71. The number of aromatic nitrogens is 2. The van der Waals surface area contributed by atoms with Crippen molar-refractivity contribution in [2.75, 3.05) is 7.11 Å². The van der Waals surface area contributed by atoms with Crippen LogP contribution >= 0.6 is 11.6 Å². The maximum atomic E-state index is 12.6. The lowest BCUT2D eigenvalue weighted by Gasteiger charge is -2.02. The molecule has 1 aromatic heterocycles. The van der Waals surface area contributed by atoms with Gasteiger partial charge in [0.25, 0.3) is 0 Å². The number of hydrogen-bond donors (Lipinski definition) is 0. The number of methoxy groups -OCH3 is 1. The van der Waals surface area contributed by atoms with Gasteiger partial charge in [-0.1, -0.05) is 29.8 Å². The Morgan fingerprint density at radius 1 is 0.967 bits per heavy atom. The SMILES string of the molecule is COc1ccc(-c2nn(-c3ccccc3)cc2C=CC(=O)c2ccc(Cl)cc2)cc1. The van der Waals surface area contributed by atoms with E-state index in [1.807, 2.05) is 65.5 Å². The number of rotatable bonds is 6. The van der Waals surface area contributed by atoms with Gasteiger partial charge in [0, 0.05) is 27.9 Å². The molecule has 0 amide bonds. The Morgan fingerprint density at radius 2 is 1.67 bits per heavy atom. The summed E-state index contributed by atoms with van der Waals surface area (Å²) >= 11 is 5.91. The lowest BCUT2D eigenvalue weighted by molar-refractivity contribution is 0.104. The van der Waals surface area contributed by atoms with E-state index in [1.165, 1.54) is 0 Å². The van der Waals surface area contributed by atoms with E-state index in [0.717, 1.165) is 28.3 Å². The fourth-order valence-electron chi connectivity index (χ4n) is 3.07. The molecule has 0 atom stereocenters. The molecule has 5 heteroatoms. The molecule has 3 aromatic carbocycles. The van der Waals surface area contributed by atoms with E-state index in [4.69, 9.17) is 21.4 Å². The molecule has 0 bridgehead atoms. The molecule has 0 aliphatic rings. The molecule has 0 N–H and O–H groups in total. The number of allylic oxidation sites excluding steroid dienone is 1. The first-order valence-corrected chi connectivity index (χ1v) is 9.79. The minimum Gasteiger partial charge on any atom is -0.497 e. The van der Waals surface area contributed by atoms with Gasteiger partial charge in [-0.05, 0) is 72.8 Å². The third-order valence-electron chi connectivity index (χ3n) is 4.67. The largest absolute Gasteiger partial charge is 0.497 e. The molecule has 0 spiro atoms. The van der Waals surface area contributed by atoms with Crippen LogP contribution in [-0.2, 0) is 0 Å². The van der Waals surface area contributed by atoms with Crippen molar-refractivity contribution in [1.82, 2.24) is 9.78 Å². The molecular weight excluding hydrogens is 396 g/mol. The molecule has 148 valence electrons. The first-order chi connectivity index (χ1) is 14.6. The van der Waals surface area contributed by atoms with Crippen LogP contribution in [0.4, 0.5) is 0 Å². The van der Waals surface area contributed by atoms with Crippen LogP contribution in [-0.4, -0.2) is 22.7 Å². The van der Waals surface area contributed by atoms with Crippen molar-refractivity contribution in [1.29, 1.82) is 0 Å². The summed E-state index contributed by atoms with van der Waals surface area (Å²) in [6.07, 6.45) is 5.27. The quantitative estimate of drug-likeness (QED) is 0.283. The molecule has 0 aliphatic heterocycles. The summed E-state index contributed by atoms with van der Waals surface area (Å²) in [5.41, 5.74) is 4.07. The maximum absolute atomic E-state index is 12.6. The molecule has 4 rings (SSSR count). The number of ketones is 1. The Bertz CT molecular complexity index is 1180. The standard InChI is InChI=1S/C25H19ClN2O2/c1-30-23-14-9-19(10-15-23)25-20(17-28(27-25)22-5-3-2-4-6-22)11-16-24(29)18-7-12-21(26)13-8-18/h2-17H,1H3. The highest BCUT2D eigenvalue weighted by atomic mass is 35.5. The molecular formula is C25H19ClN2O2. The average Bonchev–Trinajstić information content (AvgIpc) is 3.23. The Morgan fingerprint density at radius 3 is 2.33 bits per heavy atom. The summed E-state index contributed by atoms with van der Waals surface area (Å²) in [5.74, 6) is 0.677. The monoisotopic (exact) mass is 414 g/mol. The Labute approximate surface area is 180 Å².